The van der Waals surface area contributed by atoms with E-state index in [2.05, 4.69) is 111 Å². The Kier molecular flexibility index (Phi) is 11.4. The number of nitrogens with one attached hydrogen (secondary N) is 2. The van der Waals surface area contributed by atoms with Gasteiger partial charge in [0.25, 0.3) is 0 Å². The van der Waals surface area contributed by atoms with Crippen molar-refractivity contribution >= 4 is 23.5 Å². The lowest BCUT2D eigenvalue weighted by Gasteiger charge is -2.38. The van der Waals surface area contributed by atoms with Gasteiger partial charge in [0.2, 0.25) is 0 Å². The Bertz CT molecular complexity index is 1090. The second-order valence-corrected chi connectivity index (χ2v) is 15.6. The largest absolute Gasteiger partial charge is 0.302 e. The molecule has 0 radical (unpaired) electrons. The number of benzene rings is 3. The maximum absolute atomic E-state index is 6.74. The quantitative estimate of drug-likeness (QED) is 0.245. The first-order valence-corrected chi connectivity index (χ1v) is 18.2. The molecule has 6 heteroatoms. The second kappa shape index (κ2) is 15.4. The van der Waals surface area contributed by atoms with Crippen LogP contribution < -0.4 is 15.5 Å². The topological polar surface area (TPSA) is 30.5 Å². The molecule has 5 rings (SSSR count). The number of hydrogen-bond donors (Lipinski definition) is 2. The Balaban J connectivity index is 1.42. The summed E-state index contributed by atoms with van der Waals surface area (Å²) in [7, 11) is 0. The van der Waals surface area contributed by atoms with Crippen LogP contribution in [-0.4, -0.2) is 61.2 Å². The molecule has 2 saturated heterocycles. The summed E-state index contributed by atoms with van der Waals surface area (Å²) in [5.74, 6) is 0. The molecule has 2 atom stereocenters. The fraction of sp³-hybridized carbons (Fsp3) is 0.471. The van der Waals surface area contributed by atoms with Crippen LogP contribution >= 0.6 is 6.34 Å². The van der Waals surface area contributed by atoms with Crippen LogP contribution in [0.2, 0.25) is 0 Å². The van der Waals surface area contributed by atoms with E-state index >= 15 is 0 Å². The second-order valence-electron chi connectivity index (χ2n) is 11.7. The van der Waals surface area contributed by atoms with E-state index in [1.807, 2.05) is 0 Å². The summed E-state index contributed by atoms with van der Waals surface area (Å²) in [6.07, 6.45) is 7.58. The molecule has 0 saturated carbocycles. The fourth-order valence-corrected chi connectivity index (χ4v) is 9.94. The molecular formula is C34H47N4PS. The highest BCUT2D eigenvalue weighted by atomic mass is 32.4. The van der Waals surface area contributed by atoms with E-state index in [1.165, 1.54) is 81.1 Å². The van der Waals surface area contributed by atoms with Crippen LogP contribution in [0.5, 0.6) is 0 Å². The van der Waals surface area contributed by atoms with Crippen LogP contribution in [0.3, 0.4) is 0 Å². The molecule has 3 aromatic rings. The van der Waals surface area contributed by atoms with Crippen molar-refractivity contribution in [1.29, 1.82) is 0 Å². The van der Waals surface area contributed by atoms with Gasteiger partial charge in [0, 0.05) is 30.5 Å². The average Bonchev–Trinajstić information content (AvgIpc) is 2.99. The summed E-state index contributed by atoms with van der Waals surface area (Å²) in [6.45, 7) is 6.86. The highest BCUT2D eigenvalue weighted by Crippen LogP contribution is 2.38. The molecule has 2 aliphatic rings. The van der Waals surface area contributed by atoms with Crippen LogP contribution in [0.25, 0.3) is 0 Å². The first kappa shape index (κ1) is 29.6. The van der Waals surface area contributed by atoms with Crippen molar-refractivity contribution in [2.24, 2.45) is 0 Å². The zero-order chi connectivity index (χ0) is 27.5. The van der Waals surface area contributed by atoms with Crippen molar-refractivity contribution in [3.8, 4) is 0 Å². The molecule has 0 amide bonds. The molecule has 40 heavy (non-hydrogen) atoms. The maximum Gasteiger partial charge on any atom is 0.102 e. The van der Waals surface area contributed by atoms with Crippen molar-refractivity contribution < 1.29 is 0 Å². The SMILES string of the molecule is S=P(N[C@@H](Cc1ccccc1)CN1CCCCC1)(N[C@@H](Cc1ccccc1)CN1CCCCC1)c1ccccc1. The van der Waals surface area contributed by atoms with Crippen molar-refractivity contribution in [2.45, 2.75) is 63.5 Å². The summed E-state index contributed by atoms with van der Waals surface area (Å²) in [5, 5.41) is 9.54. The Morgan fingerprint density at radius 3 is 1.32 bits per heavy atom. The molecule has 2 N–H and O–H groups in total. The molecular weight excluding hydrogens is 527 g/mol. The first-order valence-electron chi connectivity index (χ1n) is 15.4. The minimum Gasteiger partial charge on any atom is -0.302 e. The van der Waals surface area contributed by atoms with Crippen molar-refractivity contribution in [2.75, 3.05) is 39.3 Å². The zero-order valence-electron chi connectivity index (χ0n) is 24.0. The smallest absolute Gasteiger partial charge is 0.102 e. The van der Waals surface area contributed by atoms with Gasteiger partial charge in [0.1, 0.15) is 6.34 Å². The van der Waals surface area contributed by atoms with Crippen molar-refractivity contribution in [1.82, 2.24) is 20.0 Å². The molecule has 4 nitrogen and oxygen atoms in total. The number of rotatable bonds is 13. The van der Waals surface area contributed by atoms with Crippen molar-refractivity contribution in [3.63, 3.8) is 0 Å². The van der Waals surface area contributed by atoms with Crippen LogP contribution in [0, 0.1) is 0 Å². The monoisotopic (exact) mass is 574 g/mol. The Morgan fingerprint density at radius 1 is 0.550 bits per heavy atom. The van der Waals surface area contributed by atoms with Gasteiger partial charge in [-0.05, 0) is 75.8 Å². The molecule has 214 valence electrons. The molecule has 3 aromatic carbocycles. The van der Waals surface area contributed by atoms with Gasteiger partial charge in [-0.3, -0.25) is 10.2 Å². The van der Waals surface area contributed by atoms with Gasteiger partial charge < -0.3 is 9.80 Å². The van der Waals surface area contributed by atoms with E-state index in [0.29, 0.717) is 0 Å². The molecule has 2 fully saturated rings. The van der Waals surface area contributed by atoms with E-state index < -0.39 is 6.34 Å². The minimum absolute atomic E-state index is 0.284. The van der Waals surface area contributed by atoms with Crippen LogP contribution in [0.1, 0.15) is 49.7 Å². The van der Waals surface area contributed by atoms with E-state index in [4.69, 9.17) is 11.8 Å². The van der Waals surface area contributed by atoms with Gasteiger partial charge in [-0.15, -0.1) is 0 Å². The first-order chi connectivity index (χ1) is 19.7. The van der Waals surface area contributed by atoms with E-state index in [9.17, 15) is 0 Å². The third kappa shape index (κ3) is 9.08. The van der Waals surface area contributed by atoms with Gasteiger partial charge in [-0.25, -0.2) is 0 Å². The van der Waals surface area contributed by atoms with Crippen LogP contribution in [0.4, 0.5) is 0 Å². The van der Waals surface area contributed by atoms with Gasteiger partial charge in [0.15, 0.2) is 0 Å². The molecule has 2 aliphatic heterocycles. The lowest BCUT2D eigenvalue weighted by molar-refractivity contribution is 0.209. The maximum atomic E-state index is 6.74. The van der Waals surface area contributed by atoms with Gasteiger partial charge in [-0.2, -0.15) is 0 Å². The average molecular weight is 575 g/mol. The lowest BCUT2D eigenvalue weighted by Crippen LogP contribution is -2.50. The molecule has 0 unspecified atom stereocenters. The molecule has 2 heterocycles. The number of hydrogen-bond acceptors (Lipinski definition) is 3. The predicted molar refractivity (Wildman–Crippen MR) is 175 cm³/mol. The predicted octanol–water partition coefficient (Wildman–Crippen LogP) is 6.00. The Hall–Kier alpha value is -1.85. The standard InChI is InChI=1S/C34H47N4PS/c40-39(34-20-10-3-11-21-34,35-32(26-30-16-6-1-7-17-30)28-37-22-12-4-13-23-37)36-33(27-31-18-8-2-9-19-31)29-38-24-14-5-15-25-38/h1-3,6-11,16-21,32-33H,4-5,12-15,22-29H2,(H2,35,36,40)/t32-,33-/m0/s1. The van der Waals surface area contributed by atoms with Crippen LogP contribution in [0.15, 0.2) is 91.0 Å². The fourth-order valence-electron chi connectivity index (χ4n) is 6.35. The Labute approximate surface area is 247 Å². The van der Waals surface area contributed by atoms with E-state index in [1.54, 1.807) is 0 Å². The summed E-state index contributed by atoms with van der Waals surface area (Å²) in [5.41, 5.74) is 2.75. The third-order valence-corrected chi connectivity index (χ3v) is 12.1. The third-order valence-electron chi connectivity index (χ3n) is 8.35. The molecule has 0 aliphatic carbocycles. The number of piperidine rings is 2. The lowest BCUT2D eigenvalue weighted by atomic mass is 10.0. The highest BCUT2D eigenvalue weighted by molar-refractivity contribution is 8.16. The number of nitrogens with zero attached hydrogens (tertiary/aromatic N) is 2. The summed E-state index contributed by atoms with van der Waals surface area (Å²) >= 11 is 6.74. The van der Waals surface area contributed by atoms with Gasteiger partial charge in [-0.1, -0.05) is 116 Å². The van der Waals surface area contributed by atoms with Gasteiger partial charge >= 0.3 is 0 Å². The summed E-state index contributed by atoms with van der Waals surface area (Å²) in [4.78, 5) is 5.31. The van der Waals surface area contributed by atoms with E-state index in [-0.39, 0.29) is 12.1 Å². The zero-order valence-corrected chi connectivity index (χ0v) is 25.7. The van der Waals surface area contributed by atoms with Crippen molar-refractivity contribution in [3.05, 3.63) is 102 Å². The summed E-state index contributed by atoms with van der Waals surface area (Å²) in [6, 6.07) is 33.4. The molecule has 0 bridgehead atoms. The normalized spacial score (nSPS) is 18.8. The molecule has 0 spiro atoms. The minimum atomic E-state index is -2.31. The van der Waals surface area contributed by atoms with Gasteiger partial charge in [0.05, 0.1) is 0 Å². The molecule has 0 aromatic heterocycles. The van der Waals surface area contributed by atoms with Crippen LogP contribution in [-0.2, 0) is 24.6 Å². The number of likely N-dealkylation sites (tertiary alicyclic amines) is 2. The summed E-state index contributed by atoms with van der Waals surface area (Å²) < 4.78 is 0. The highest BCUT2D eigenvalue weighted by Gasteiger charge is 2.29. The van der Waals surface area contributed by atoms with E-state index in [0.717, 1.165) is 25.9 Å². The Morgan fingerprint density at radius 2 is 0.925 bits per heavy atom.